The Kier molecular flexibility index (Phi) is 5.93. The summed E-state index contributed by atoms with van der Waals surface area (Å²) in [6, 6.07) is 18.6. The maximum Gasteiger partial charge on any atom is 0.228 e. The lowest BCUT2D eigenvalue weighted by molar-refractivity contribution is 0.584. The average molecular weight is 481 g/mol. The topological polar surface area (TPSA) is 79.4 Å². The van der Waals surface area contributed by atoms with Crippen molar-refractivity contribution in [3.8, 4) is 17.2 Å². The molecule has 0 aliphatic carbocycles. The predicted molar refractivity (Wildman–Crippen MR) is 136 cm³/mol. The number of halogens is 1. The van der Waals surface area contributed by atoms with Gasteiger partial charge in [-0.25, -0.2) is 15.0 Å². The summed E-state index contributed by atoms with van der Waals surface area (Å²) >= 11 is 1.59. The molecule has 0 saturated carbocycles. The summed E-state index contributed by atoms with van der Waals surface area (Å²) in [5.41, 5.74) is 7.06. The van der Waals surface area contributed by atoms with Crippen molar-refractivity contribution < 1.29 is 4.39 Å². The Morgan fingerprint density at radius 3 is 2.40 bits per heavy atom. The van der Waals surface area contributed by atoms with Gasteiger partial charge in [-0.3, -0.25) is 0 Å². The van der Waals surface area contributed by atoms with Gasteiger partial charge in [-0.2, -0.15) is 9.65 Å². The van der Waals surface area contributed by atoms with Crippen molar-refractivity contribution in [3.05, 3.63) is 89.6 Å². The van der Waals surface area contributed by atoms with E-state index in [0.717, 1.165) is 48.9 Å². The van der Waals surface area contributed by atoms with Crippen LogP contribution in [-0.4, -0.2) is 19.5 Å². The van der Waals surface area contributed by atoms with Gasteiger partial charge in [0.05, 0.1) is 22.7 Å². The molecule has 0 amide bonds. The van der Waals surface area contributed by atoms with E-state index in [1.807, 2.05) is 42.1 Å². The Balaban J connectivity index is 1.53. The lowest BCUT2D eigenvalue weighted by Gasteiger charge is -2.14. The lowest BCUT2D eigenvalue weighted by Crippen LogP contribution is -2.01. The first-order valence-corrected chi connectivity index (χ1v) is 11.7. The lowest BCUT2D eigenvalue weighted by atomic mass is 10.0. The number of nitrogens with one attached hydrogen (secondary N) is 1. The molecule has 35 heavy (non-hydrogen) atoms. The minimum atomic E-state index is -0.495. The van der Waals surface area contributed by atoms with Crippen molar-refractivity contribution in [1.82, 2.24) is 19.5 Å². The Hall–Kier alpha value is -4.22. The number of anilines is 2. The second-order valence-corrected chi connectivity index (χ2v) is 9.23. The highest BCUT2D eigenvalue weighted by atomic mass is 32.2. The number of hydrogen-bond acceptors (Lipinski definition) is 6. The Labute approximate surface area is 206 Å². The number of fused-ring (bicyclic) bond motifs is 1. The Morgan fingerprint density at radius 2 is 1.71 bits per heavy atom. The van der Waals surface area contributed by atoms with E-state index in [0.29, 0.717) is 11.5 Å². The maximum absolute atomic E-state index is 13.7. The van der Waals surface area contributed by atoms with E-state index in [1.54, 1.807) is 23.9 Å². The molecule has 3 aromatic heterocycles. The molecule has 0 fully saturated rings. The summed E-state index contributed by atoms with van der Waals surface area (Å²) < 4.78 is 15.7. The second-order valence-electron chi connectivity index (χ2n) is 8.24. The largest absolute Gasteiger partial charge is 0.347 e. The number of benzene rings is 2. The number of rotatable bonds is 5. The third-order valence-corrected chi connectivity index (χ3v) is 7.00. The fraction of sp³-hybridized carbons (Fsp3) is 0.111. The van der Waals surface area contributed by atoms with Gasteiger partial charge in [-0.05, 0) is 72.5 Å². The van der Waals surface area contributed by atoms with Crippen LogP contribution >= 0.6 is 11.8 Å². The molecule has 0 bridgehead atoms. The Bertz CT molecular complexity index is 1580. The van der Waals surface area contributed by atoms with Gasteiger partial charge in [0, 0.05) is 36.1 Å². The van der Waals surface area contributed by atoms with E-state index in [4.69, 9.17) is 10.2 Å². The van der Waals surface area contributed by atoms with Crippen LogP contribution in [0.5, 0.6) is 0 Å². The molecule has 0 unspecified atom stereocenters. The molecule has 172 valence electrons. The molecule has 1 N–H and O–H groups in total. The molecule has 0 atom stereocenters. The number of nitrogens with zero attached hydrogens (tertiary/aromatic N) is 5. The standard InChI is InChI=1S/C27H21FN6S/c1-16-12-20(19-8-10-30-23(28)14-19)13-17(2)25(16)35-26-24-22(9-11-34(24)3)32-27(33-26)31-21-6-4-18(15-29)5-7-21/h4-14H,1-3H3,(H,31,32,33). The van der Waals surface area contributed by atoms with Crippen LogP contribution in [-0.2, 0) is 7.05 Å². The third kappa shape index (κ3) is 4.59. The van der Waals surface area contributed by atoms with Crippen molar-refractivity contribution in [3.63, 3.8) is 0 Å². The van der Waals surface area contributed by atoms with E-state index in [-0.39, 0.29) is 0 Å². The van der Waals surface area contributed by atoms with Gasteiger partial charge < -0.3 is 9.88 Å². The molecule has 0 aliphatic rings. The van der Waals surface area contributed by atoms with Crippen LogP contribution in [0.1, 0.15) is 16.7 Å². The van der Waals surface area contributed by atoms with Gasteiger partial charge in [0.25, 0.3) is 0 Å². The maximum atomic E-state index is 13.7. The Morgan fingerprint density at radius 1 is 0.971 bits per heavy atom. The van der Waals surface area contributed by atoms with Crippen molar-refractivity contribution in [1.29, 1.82) is 5.26 Å². The monoisotopic (exact) mass is 480 g/mol. The highest BCUT2D eigenvalue weighted by Gasteiger charge is 2.16. The summed E-state index contributed by atoms with van der Waals surface area (Å²) in [6.45, 7) is 4.10. The molecule has 5 aromatic rings. The zero-order valence-corrected chi connectivity index (χ0v) is 20.2. The molecule has 0 radical (unpaired) electrons. The molecule has 2 aromatic carbocycles. The van der Waals surface area contributed by atoms with Crippen molar-refractivity contribution in [2.75, 3.05) is 5.32 Å². The molecule has 0 saturated heterocycles. The number of aromatic nitrogens is 4. The first-order chi connectivity index (χ1) is 16.9. The summed E-state index contributed by atoms with van der Waals surface area (Å²) in [5.74, 6) is -0.0132. The van der Waals surface area contributed by atoms with Crippen molar-refractivity contribution in [2.24, 2.45) is 7.05 Å². The summed E-state index contributed by atoms with van der Waals surface area (Å²) in [7, 11) is 1.98. The molecule has 0 aliphatic heterocycles. The van der Waals surface area contributed by atoms with E-state index in [1.165, 1.54) is 12.3 Å². The predicted octanol–water partition coefficient (Wildman–Crippen LogP) is 6.55. The van der Waals surface area contributed by atoms with E-state index < -0.39 is 5.95 Å². The van der Waals surface area contributed by atoms with Crippen LogP contribution in [0.15, 0.2) is 76.9 Å². The average Bonchev–Trinajstić information content (AvgIpc) is 3.22. The van der Waals surface area contributed by atoms with Gasteiger partial charge in [-0.15, -0.1) is 0 Å². The van der Waals surface area contributed by atoms with Gasteiger partial charge in [0.2, 0.25) is 11.9 Å². The van der Waals surface area contributed by atoms with Crippen molar-refractivity contribution in [2.45, 2.75) is 23.8 Å². The molecule has 8 heteroatoms. The normalized spacial score (nSPS) is 10.9. The molecular formula is C27H21FN6S. The first kappa shape index (κ1) is 22.6. The van der Waals surface area contributed by atoms with Crippen LogP contribution < -0.4 is 5.32 Å². The molecule has 6 nitrogen and oxygen atoms in total. The quantitative estimate of drug-likeness (QED) is 0.227. The summed E-state index contributed by atoms with van der Waals surface area (Å²) in [6.07, 6.45) is 3.45. The summed E-state index contributed by atoms with van der Waals surface area (Å²) in [5, 5.41) is 13.1. The van der Waals surface area contributed by atoms with Crippen LogP contribution in [0.2, 0.25) is 0 Å². The minimum absolute atomic E-state index is 0.482. The number of nitriles is 1. The second kappa shape index (κ2) is 9.20. The van der Waals surface area contributed by atoms with Gasteiger partial charge >= 0.3 is 0 Å². The number of aryl methyl sites for hydroxylation is 3. The number of pyridine rings is 1. The van der Waals surface area contributed by atoms with Crippen molar-refractivity contribution >= 4 is 34.4 Å². The smallest absolute Gasteiger partial charge is 0.228 e. The minimum Gasteiger partial charge on any atom is -0.347 e. The van der Waals surface area contributed by atoms with Gasteiger partial charge in [0.15, 0.2) is 0 Å². The summed E-state index contributed by atoms with van der Waals surface area (Å²) in [4.78, 5) is 14.3. The van der Waals surface area contributed by atoms with Gasteiger partial charge in [0.1, 0.15) is 5.03 Å². The van der Waals surface area contributed by atoms with Crippen LogP contribution in [0.3, 0.4) is 0 Å². The highest BCUT2D eigenvalue weighted by molar-refractivity contribution is 7.99. The molecule has 3 heterocycles. The zero-order valence-electron chi connectivity index (χ0n) is 19.4. The zero-order chi connectivity index (χ0) is 24.5. The van der Waals surface area contributed by atoms with E-state index in [2.05, 4.69) is 47.3 Å². The van der Waals surface area contributed by atoms with Gasteiger partial charge in [-0.1, -0.05) is 23.9 Å². The highest BCUT2D eigenvalue weighted by Crippen LogP contribution is 2.38. The fourth-order valence-corrected chi connectivity index (χ4v) is 5.11. The van der Waals surface area contributed by atoms with Crippen LogP contribution in [0, 0.1) is 31.1 Å². The third-order valence-electron chi connectivity index (χ3n) is 5.68. The van der Waals surface area contributed by atoms with E-state index >= 15 is 0 Å². The molecular weight excluding hydrogens is 459 g/mol. The van der Waals surface area contributed by atoms with Crippen LogP contribution in [0.4, 0.5) is 16.0 Å². The molecule has 5 rings (SSSR count). The number of hydrogen-bond donors (Lipinski definition) is 1. The van der Waals surface area contributed by atoms with Crippen LogP contribution in [0.25, 0.3) is 22.2 Å². The fourth-order valence-electron chi connectivity index (χ4n) is 4.00. The van der Waals surface area contributed by atoms with E-state index in [9.17, 15) is 4.39 Å². The SMILES string of the molecule is Cc1cc(-c2ccnc(F)c2)cc(C)c1Sc1nc(Nc2ccc(C#N)cc2)nc2ccn(C)c12. The molecule has 0 spiro atoms. The first-order valence-electron chi connectivity index (χ1n) is 10.9.